The molecule has 4 nitrogen and oxygen atoms in total. The number of amides is 2. The molecule has 0 bridgehead atoms. The molecular weight excluding hydrogens is 324 g/mol. The van der Waals surface area contributed by atoms with E-state index in [1.54, 1.807) is 12.1 Å². The molecule has 1 aliphatic carbocycles. The van der Waals surface area contributed by atoms with Crippen LogP contribution in [0.15, 0.2) is 36.4 Å². The van der Waals surface area contributed by atoms with Crippen LogP contribution in [0.25, 0.3) is 0 Å². The number of nitrogens with one attached hydrogen (secondary N) is 2. The number of ether oxygens (including phenoxy) is 1. The van der Waals surface area contributed by atoms with Crippen molar-refractivity contribution in [3.8, 4) is 5.75 Å². The minimum absolute atomic E-state index is 0.252. The van der Waals surface area contributed by atoms with Crippen LogP contribution in [0.2, 0.25) is 5.02 Å². The van der Waals surface area contributed by atoms with Gasteiger partial charge < -0.3 is 15.4 Å². The second-order valence-corrected chi connectivity index (χ2v) is 6.41. The summed E-state index contributed by atoms with van der Waals surface area (Å²) in [5.74, 6) is 0.867. The van der Waals surface area contributed by atoms with E-state index in [1.807, 2.05) is 19.1 Å². The number of carbonyl (C=O) groups is 1. The van der Waals surface area contributed by atoms with E-state index in [-0.39, 0.29) is 6.03 Å². The Labute approximate surface area is 147 Å². The molecule has 0 radical (unpaired) electrons. The normalized spacial score (nSPS) is 12.6. The number of anilines is 1. The standard InChI is InChI=1S/C19H21ClN2O2/c1-13-11-16(20)6-8-18(13)22-19(23)21-9-10-24-17-7-5-14-3-2-4-15(14)12-17/h5-8,11-12H,2-4,9-10H2,1H3,(H2,21,22,23). The van der Waals surface area contributed by atoms with Crippen LogP contribution in [0.4, 0.5) is 10.5 Å². The average molecular weight is 345 g/mol. The predicted octanol–water partition coefficient (Wildman–Crippen LogP) is 4.34. The van der Waals surface area contributed by atoms with Crippen LogP contribution in [0.3, 0.4) is 0 Å². The zero-order valence-corrected chi connectivity index (χ0v) is 14.5. The van der Waals surface area contributed by atoms with Gasteiger partial charge in [0.1, 0.15) is 12.4 Å². The molecule has 0 aliphatic heterocycles. The minimum atomic E-state index is -0.252. The Morgan fingerprint density at radius 2 is 2.00 bits per heavy atom. The molecule has 0 heterocycles. The highest BCUT2D eigenvalue weighted by atomic mass is 35.5. The number of carbonyl (C=O) groups excluding carboxylic acids is 1. The molecule has 2 N–H and O–H groups in total. The lowest BCUT2D eigenvalue weighted by Gasteiger charge is -2.11. The van der Waals surface area contributed by atoms with Gasteiger partial charge in [-0.1, -0.05) is 17.7 Å². The number of aryl methyl sites for hydroxylation is 3. The van der Waals surface area contributed by atoms with Crippen molar-refractivity contribution in [1.82, 2.24) is 5.32 Å². The number of hydrogen-bond acceptors (Lipinski definition) is 2. The monoisotopic (exact) mass is 344 g/mol. The summed E-state index contributed by atoms with van der Waals surface area (Å²) in [6, 6.07) is 11.4. The number of halogens is 1. The third-order valence-electron chi connectivity index (χ3n) is 4.16. The van der Waals surface area contributed by atoms with Gasteiger partial charge in [-0.2, -0.15) is 0 Å². The topological polar surface area (TPSA) is 50.4 Å². The summed E-state index contributed by atoms with van der Waals surface area (Å²) in [7, 11) is 0. The molecule has 2 aromatic rings. The Bertz CT molecular complexity index is 746. The van der Waals surface area contributed by atoms with Crippen LogP contribution in [-0.2, 0) is 12.8 Å². The van der Waals surface area contributed by atoms with Crippen LogP contribution in [0.5, 0.6) is 5.75 Å². The lowest BCUT2D eigenvalue weighted by molar-refractivity contribution is 0.247. The molecule has 1 aliphatic rings. The van der Waals surface area contributed by atoms with Crippen molar-refractivity contribution in [3.63, 3.8) is 0 Å². The van der Waals surface area contributed by atoms with Gasteiger partial charge >= 0.3 is 6.03 Å². The van der Waals surface area contributed by atoms with Crippen molar-refractivity contribution in [1.29, 1.82) is 0 Å². The Kier molecular flexibility index (Phi) is 5.26. The van der Waals surface area contributed by atoms with Crippen molar-refractivity contribution in [2.75, 3.05) is 18.5 Å². The first kappa shape index (κ1) is 16.7. The number of rotatable bonds is 5. The first-order valence-electron chi connectivity index (χ1n) is 8.17. The summed E-state index contributed by atoms with van der Waals surface area (Å²) in [4.78, 5) is 11.9. The molecule has 0 unspecified atom stereocenters. The first-order chi connectivity index (χ1) is 11.6. The van der Waals surface area contributed by atoms with Gasteiger partial charge in [-0.25, -0.2) is 4.79 Å². The van der Waals surface area contributed by atoms with E-state index >= 15 is 0 Å². The molecule has 0 saturated carbocycles. The highest BCUT2D eigenvalue weighted by molar-refractivity contribution is 6.30. The molecule has 0 saturated heterocycles. The molecule has 0 fully saturated rings. The van der Waals surface area contributed by atoms with Gasteiger partial charge in [0.25, 0.3) is 0 Å². The zero-order valence-electron chi connectivity index (χ0n) is 13.7. The smallest absolute Gasteiger partial charge is 0.319 e. The van der Waals surface area contributed by atoms with Gasteiger partial charge in [0.2, 0.25) is 0 Å². The van der Waals surface area contributed by atoms with E-state index < -0.39 is 0 Å². The summed E-state index contributed by atoms with van der Waals surface area (Å²) < 4.78 is 5.71. The molecular formula is C19H21ClN2O2. The summed E-state index contributed by atoms with van der Waals surface area (Å²) >= 11 is 5.90. The number of urea groups is 1. The fourth-order valence-corrected chi connectivity index (χ4v) is 3.13. The number of benzene rings is 2. The highest BCUT2D eigenvalue weighted by Crippen LogP contribution is 2.25. The number of hydrogen-bond donors (Lipinski definition) is 2. The predicted molar refractivity (Wildman–Crippen MR) is 97.2 cm³/mol. The second-order valence-electron chi connectivity index (χ2n) is 5.97. The molecule has 3 rings (SSSR count). The van der Waals surface area contributed by atoms with Crippen molar-refractivity contribution in [3.05, 3.63) is 58.1 Å². The molecule has 126 valence electrons. The number of fused-ring (bicyclic) bond motifs is 1. The van der Waals surface area contributed by atoms with E-state index in [0.717, 1.165) is 23.4 Å². The average Bonchev–Trinajstić information content (AvgIpc) is 3.02. The molecule has 2 aromatic carbocycles. The molecule has 2 amide bonds. The summed E-state index contributed by atoms with van der Waals surface area (Å²) in [5.41, 5.74) is 4.48. The Morgan fingerprint density at radius 3 is 2.83 bits per heavy atom. The van der Waals surface area contributed by atoms with E-state index in [2.05, 4.69) is 22.8 Å². The largest absolute Gasteiger partial charge is 0.492 e. The maximum absolute atomic E-state index is 11.9. The lowest BCUT2D eigenvalue weighted by atomic mass is 10.1. The second kappa shape index (κ2) is 7.58. The van der Waals surface area contributed by atoms with Crippen molar-refractivity contribution >= 4 is 23.3 Å². The minimum Gasteiger partial charge on any atom is -0.492 e. The third-order valence-corrected chi connectivity index (χ3v) is 4.40. The van der Waals surface area contributed by atoms with E-state index in [9.17, 15) is 4.79 Å². The summed E-state index contributed by atoms with van der Waals surface area (Å²) in [6.45, 7) is 2.78. The van der Waals surface area contributed by atoms with Gasteiger partial charge in [0, 0.05) is 10.7 Å². The molecule has 0 aromatic heterocycles. The first-order valence-corrected chi connectivity index (χ1v) is 8.55. The molecule has 24 heavy (non-hydrogen) atoms. The van der Waals surface area contributed by atoms with Crippen molar-refractivity contribution in [2.24, 2.45) is 0 Å². The summed E-state index contributed by atoms with van der Waals surface area (Å²) in [5, 5.41) is 6.25. The van der Waals surface area contributed by atoms with Crippen molar-refractivity contribution in [2.45, 2.75) is 26.2 Å². The maximum Gasteiger partial charge on any atom is 0.319 e. The Hall–Kier alpha value is -2.20. The molecule has 5 heteroatoms. The van der Waals surface area contributed by atoms with E-state index in [1.165, 1.54) is 24.0 Å². The van der Waals surface area contributed by atoms with Crippen molar-refractivity contribution < 1.29 is 9.53 Å². The van der Waals surface area contributed by atoms with Gasteiger partial charge in [-0.05, 0) is 73.2 Å². The van der Waals surface area contributed by atoms with Gasteiger partial charge in [0.15, 0.2) is 0 Å². The van der Waals surface area contributed by atoms with Gasteiger partial charge in [-0.15, -0.1) is 0 Å². The fraction of sp³-hybridized carbons (Fsp3) is 0.316. The van der Waals surface area contributed by atoms with Gasteiger partial charge in [0.05, 0.1) is 6.54 Å². The quantitative estimate of drug-likeness (QED) is 0.793. The van der Waals surface area contributed by atoms with E-state index in [0.29, 0.717) is 18.2 Å². The summed E-state index contributed by atoms with van der Waals surface area (Å²) in [6.07, 6.45) is 3.53. The zero-order chi connectivity index (χ0) is 16.9. The fourth-order valence-electron chi connectivity index (χ4n) is 2.91. The Morgan fingerprint density at radius 1 is 1.17 bits per heavy atom. The molecule has 0 atom stereocenters. The highest BCUT2D eigenvalue weighted by Gasteiger charge is 2.11. The van der Waals surface area contributed by atoms with Crippen LogP contribution in [0.1, 0.15) is 23.1 Å². The van der Waals surface area contributed by atoms with Crippen LogP contribution < -0.4 is 15.4 Å². The van der Waals surface area contributed by atoms with Crippen LogP contribution in [-0.4, -0.2) is 19.2 Å². The Balaban J connectivity index is 1.42. The van der Waals surface area contributed by atoms with E-state index in [4.69, 9.17) is 16.3 Å². The molecule has 0 spiro atoms. The third kappa shape index (κ3) is 4.20. The van der Waals surface area contributed by atoms with Crippen LogP contribution in [0, 0.1) is 6.92 Å². The van der Waals surface area contributed by atoms with Gasteiger partial charge in [-0.3, -0.25) is 0 Å². The van der Waals surface area contributed by atoms with Crippen LogP contribution >= 0.6 is 11.6 Å². The SMILES string of the molecule is Cc1cc(Cl)ccc1NC(=O)NCCOc1ccc2c(c1)CCC2. The maximum atomic E-state index is 11.9. The lowest BCUT2D eigenvalue weighted by Crippen LogP contribution is -2.32.